The van der Waals surface area contributed by atoms with E-state index in [1.807, 2.05) is 0 Å². The Balaban J connectivity index is 2.00. The molecule has 0 radical (unpaired) electrons. The van der Waals surface area contributed by atoms with Crippen LogP contribution in [0.3, 0.4) is 0 Å². The zero-order valence-corrected chi connectivity index (χ0v) is 10.5. The minimum atomic E-state index is -0.965. The fraction of sp³-hybridized carbons (Fsp3) is 0.167. The van der Waals surface area contributed by atoms with Crippen LogP contribution < -0.4 is 5.32 Å². The van der Waals surface area contributed by atoms with Crippen molar-refractivity contribution in [3.8, 4) is 0 Å². The molecular weight excluding hydrogens is 274 g/mol. The van der Waals surface area contributed by atoms with Crippen molar-refractivity contribution in [1.29, 1.82) is 0 Å². The molecule has 2 aromatic rings. The standard InChI is InChI=1S/C12H10F2N2O2S/c13-8-1-2-10(14)7(3-8)5-15-12-16-9(6-19-12)4-11(17)18/h1-3,6H,4-5H2,(H,15,16)(H,17,18). The van der Waals surface area contributed by atoms with Crippen molar-refractivity contribution in [2.24, 2.45) is 0 Å². The Morgan fingerprint density at radius 2 is 2.21 bits per heavy atom. The van der Waals surface area contributed by atoms with Gasteiger partial charge in [-0.3, -0.25) is 4.79 Å². The zero-order chi connectivity index (χ0) is 13.8. The number of carboxylic acids is 1. The molecule has 0 saturated carbocycles. The second kappa shape index (κ2) is 5.75. The second-order valence-electron chi connectivity index (χ2n) is 3.80. The number of hydrogen-bond acceptors (Lipinski definition) is 4. The molecule has 0 fully saturated rings. The number of aliphatic carboxylic acids is 1. The summed E-state index contributed by atoms with van der Waals surface area (Å²) in [7, 11) is 0. The van der Waals surface area contributed by atoms with E-state index in [0.29, 0.717) is 10.8 Å². The van der Waals surface area contributed by atoms with Crippen LogP contribution in [0, 0.1) is 11.6 Å². The molecule has 1 heterocycles. The van der Waals surface area contributed by atoms with Gasteiger partial charge in [0.1, 0.15) is 11.6 Å². The first-order chi connectivity index (χ1) is 9.04. The van der Waals surface area contributed by atoms with Crippen LogP contribution in [0.15, 0.2) is 23.6 Å². The number of thiazole rings is 1. The van der Waals surface area contributed by atoms with Crippen LogP contribution in [-0.2, 0) is 17.8 Å². The number of hydrogen-bond donors (Lipinski definition) is 2. The lowest BCUT2D eigenvalue weighted by atomic mass is 10.2. The maximum atomic E-state index is 13.3. The number of aromatic nitrogens is 1. The van der Waals surface area contributed by atoms with Gasteiger partial charge in [-0.1, -0.05) is 0 Å². The number of carboxylic acid groups (broad SMARTS) is 1. The Morgan fingerprint density at radius 1 is 1.42 bits per heavy atom. The van der Waals surface area contributed by atoms with Gasteiger partial charge in [-0.05, 0) is 18.2 Å². The molecule has 0 aliphatic rings. The predicted octanol–water partition coefficient (Wildman–Crippen LogP) is 2.66. The number of anilines is 1. The van der Waals surface area contributed by atoms with Gasteiger partial charge in [0.05, 0.1) is 12.1 Å². The van der Waals surface area contributed by atoms with Gasteiger partial charge in [0.15, 0.2) is 5.13 Å². The zero-order valence-electron chi connectivity index (χ0n) is 9.69. The number of nitrogens with one attached hydrogen (secondary N) is 1. The van der Waals surface area contributed by atoms with E-state index in [-0.39, 0.29) is 18.5 Å². The Hall–Kier alpha value is -2.02. The van der Waals surface area contributed by atoms with Crippen molar-refractivity contribution in [2.75, 3.05) is 5.32 Å². The van der Waals surface area contributed by atoms with E-state index in [4.69, 9.17) is 5.11 Å². The fourth-order valence-electron chi connectivity index (χ4n) is 1.47. The SMILES string of the molecule is O=C(O)Cc1csc(NCc2cc(F)ccc2F)n1. The average molecular weight is 284 g/mol. The van der Waals surface area contributed by atoms with E-state index < -0.39 is 17.6 Å². The van der Waals surface area contributed by atoms with Crippen molar-refractivity contribution < 1.29 is 18.7 Å². The molecule has 7 heteroatoms. The van der Waals surface area contributed by atoms with Crippen molar-refractivity contribution in [1.82, 2.24) is 4.98 Å². The molecule has 100 valence electrons. The van der Waals surface area contributed by atoms with Crippen LogP contribution in [0.4, 0.5) is 13.9 Å². The molecule has 0 unspecified atom stereocenters. The van der Waals surface area contributed by atoms with E-state index in [9.17, 15) is 13.6 Å². The summed E-state index contributed by atoms with van der Waals surface area (Å²) < 4.78 is 26.3. The highest BCUT2D eigenvalue weighted by molar-refractivity contribution is 7.13. The van der Waals surface area contributed by atoms with Gasteiger partial charge in [-0.2, -0.15) is 0 Å². The lowest BCUT2D eigenvalue weighted by Gasteiger charge is -2.04. The van der Waals surface area contributed by atoms with E-state index in [2.05, 4.69) is 10.3 Å². The summed E-state index contributed by atoms with van der Waals surface area (Å²) in [6.45, 7) is 0.0869. The smallest absolute Gasteiger partial charge is 0.309 e. The monoisotopic (exact) mass is 284 g/mol. The van der Waals surface area contributed by atoms with E-state index in [1.165, 1.54) is 11.3 Å². The van der Waals surface area contributed by atoms with Crippen molar-refractivity contribution >= 4 is 22.4 Å². The molecule has 1 aromatic heterocycles. The normalized spacial score (nSPS) is 10.4. The minimum Gasteiger partial charge on any atom is -0.481 e. The Labute approximate surface area is 111 Å². The predicted molar refractivity (Wildman–Crippen MR) is 67.1 cm³/mol. The van der Waals surface area contributed by atoms with E-state index in [1.54, 1.807) is 5.38 Å². The Bertz CT molecular complexity index is 601. The van der Waals surface area contributed by atoms with E-state index >= 15 is 0 Å². The van der Waals surface area contributed by atoms with Crippen LogP contribution in [0.25, 0.3) is 0 Å². The largest absolute Gasteiger partial charge is 0.481 e. The highest BCUT2D eigenvalue weighted by Gasteiger charge is 2.07. The summed E-state index contributed by atoms with van der Waals surface area (Å²) in [5.74, 6) is -1.98. The quantitative estimate of drug-likeness (QED) is 0.886. The molecule has 0 atom stereocenters. The first-order valence-corrected chi connectivity index (χ1v) is 6.26. The lowest BCUT2D eigenvalue weighted by Crippen LogP contribution is -2.03. The lowest BCUT2D eigenvalue weighted by molar-refractivity contribution is -0.136. The van der Waals surface area contributed by atoms with Gasteiger partial charge < -0.3 is 10.4 Å². The molecular formula is C12H10F2N2O2S. The topological polar surface area (TPSA) is 62.2 Å². The molecule has 2 N–H and O–H groups in total. The molecule has 0 amide bonds. The molecule has 19 heavy (non-hydrogen) atoms. The third-order valence-electron chi connectivity index (χ3n) is 2.32. The van der Waals surface area contributed by atoms with Crippen LogP contribution in [0.1, 0.15) is 11.3 Å². The van der Waals surface area contributed by atoms with Gasteiger partial charge in [-0.25, -0.2) is 13.8 Å². The van der Waals surface area contributed by atoms with Gasteiger partial charge >= 0.3 is 5.97 Å². The van der Waals surface area contributed by atoms with Crippen LogP contribution in [0.5, 0.6) is 0 Å². The first kappa shape index (κ1) is 13.4. The maximum absolute atomic E-state index is 13.3. The van der Waals surface area contributed by atoms with Crippen molar-refractivity contribution in [3.05, 3.63) is 46.5 Å². The Morgan fingerprint density at radius 3 is 2.95 bits per heavy atom. The average Bonchev–Trinajstić information content (AvgIpc) is 2.77. The fourth-order valence-corrected chi connectivity index (χ4v) is 2.18. The summed E-state index contributed by atoms with van der Waals surface area (Å²) in [4.78, 5) is 14.5. The molecule has 0 spiro atoms. The summed E-state index contributed by atoms with van der Waals surface area (Å²) in [6, 6.07) is 3.21. The third kappa shape index (κ3) is 3.72. The number of halogens is 2. The number of benzene rings is 1. The third-order valence-corrected chi connectivity index (χ3v) is 3.17. The van der Waals surface area contributed by atoms with Crippen LogP contribution >= 0.6 is 11.3 Å². The highest BCUT2D eigenvalue weighted by atomic mass is 32.1. The first-order valence-electron chi connectivity index (χ1n) is 5.38. The second-order valence-corrected chi connectivity index (χ2v) is 4.66. The molecule has 0 aliphatic carbocycles. The molecule has 0 bridgehead atoms. The number of nitrogens with zero attached hydrogens (tertiary/aromatic N) is 1. The van der Waals surface area contributed by atoms with Crippen molar-refractivity contribution in [2.45, 2.75) is 13.0 Å². The molecule has 0 saturated heterocycles. The highest BCUT2D eigenvalue weighted by Crippen LogP contribution is 2.18. The number of carbonyl (C=O) groups is 1. The maximum Gasteiger partial charge on any atom is 0.309 e. The van der Waals surface area contributed by atoms with Crippen LogP contribution in [-0.4, -0.2) is 16.1 Å². The molecule has 0 aliphatic heterocycles. The molecule has 2 rings (SSSR count). The Kier molecular flexibility index (Phi) is 4.06. The van der Waals surface area contributed by atoms with Crippen molar-refractivity contribution in [3.63, 3.8) is 0 Å². The van der Waals surface area contributed by atoms with Crippen LogP contribution in [0.2, 0.25) is 0 Å². The van der Waals surface area contributed by atoms with E-state index in [0.717, 1.165) is 18.2 Å². The summed E-state index contributed by atoms with van der Waals surface area (Å²) in [5.41, 5.74) is 0.620. The van der Waals surface area contributed by atoms with Gasteiger partial charge in [0, 0.05) is 17.5 Å². The van der Waals surface area contributed by atoms with Gasteiger partial charge in [0.25, 0.3) is 0 Å². The van der Waals surface area contributed by atoms with Gasteiger partial charge in [0.2, 0.25) is 0 Å². The summed E-state index contributed by atoms with van der Waals surface area (Å²) in [6.07, 6.45) is -0.160. The molecule has 1 aromatic carbocycles. The number of rotatable bonds is 5. The molecule has 4 nitrogen and oxygen atoms in total. The van der Waals surface area contributed by atoms with Gasteiger partial charge in [-0.15, -0.1) is 11.3 Å². The summed E-state index contributed by atoms with van der Waals surface area (Å²) >= 11 is 1.22. The minimum absolute atomic E-state index is 0.0869. The summed E-state index contributed by atoms with van der Waals surface area (Å²) in [5, 5.41) is 13.5.